The number of rotatable bonds is 8. The molecule has 0 aliphatic rings. The van der Waals surface area contributed by atoms with Crippen LogP contribution in [-0.4, -0.2) is 43.7 Å². The highest BCUT2D eigenvalue weighted by Crippen LogP contribution is 2.13. The lowest BCUT2D eigenvalue weighted by molar-refractivity contribution is 0.0526. The van der Waals surface area contributed by atoms with Crippen molar-refractivity contribution in [1.29, 1.82) is 0 Å². The second-order valence-electron chi connectivity index (χ2n) is 5.10. The van der Waals surface area contributed by atoms with E-state index in [-0.39, 0.29) is 5.91 Å². The van der Waals surface area contributed by atoms with Crippen LogP contribution in [0.2, 0.25) is 0 Å². The van der Waals surface area contributed by atoms with Gasteiger partial charge in [-0.25, -0.2) is 9.78 Å². The molecule has 2 rings (SSSR count). The highest BCUT2D eigenvalue weighted by Gasteiger charge is 2.09. The second-order valence-corrected chi connectivity index (χ2v) is 5.10. The molecule has 0 saturated heterocycles. The molecule has 0 aliphatic heterocycles. The number of pyridine rings is 1. The summed E-state index contributed by atoms with van der Waals surface area (Å²) in [6, 6.07) is 9.91. The third-order valence-electron chi connectivity index (χ3n) is 3.29. The van der Waals surface area contributed by atoms with Gasteiger partial charge in [0.1, 0.15) is 5.69 Å². The van der Waals surface area contributed by atoms with Crippen molar-refractivity contribution in [3.05, 3.63) is 53.9 Å². The van der Waals surface area contributed by atoms with Crippen molar-refractivity contribution < 1.29 is 19.1 Å². The lowest BCUT2D eigenvalue weighted by Gasteiger charge is -2.08. The Hall–Kier alpha value is -2.93. The van der Waals surface area contributed by atoms with Gasteiger partial charge in [-0.1, -0.05) is 0 Å². The van der Waals surface area contributed by atoms with Gasteiger partial charge in [0.25, 0.3) is 5.91 Å². The van der Waals surface area contributed by atoms with Crippen molar-refractivity contribution in [2.45, 2.75) is 6.92 Å². The molecule has 0 saturated carbocycles. The zero-order valence-electron chi connectivity index (χ0n) is 14.2. The van der Waals surface area contributed by atoms with Crippen molar-refractivity contribution >= 4 is 23.3 Å². The molecule has 0 unspecified atom stereocenters. The van der Waals surface area contributed by atoms with Crippen molar-refractivity contribution in [3.63, 3.8) is 0 Å². The molecule has 2 aromatic rings. The van der Waals surface area contributed by atoms with Crippen LogP contribution in [-0.2, 0) is 9.47 Å². The standard InChI is InChI=1S/C18H21N3O4/c1-3-25-18(23)13-4-6-14(7-5-13)21-17(22)16-9-8-15(12-20-16)19-10-11-24-2/h4-9,12,19H,3,10-11H2,1-2H3,(H,21,22). The molecule has 25 heavy (non-hydrogen) atoms. The molecule has 1 aromatic heterocycles. The van der Waals surface area contributed by atoms with Crippen molar-refractivity contribution in [1.82, 2.24) is 4.98 Å². The predicted molar refractivity (Wildman–Crippen MR) is 95.0 cm³/mol. The number of anilines is 2. The first-order valence-corrected chi connectivity index (χ1v) is 7.91. The van der Waals surface area contributed by atoms with E-state index >= 15 is 0 Å². The first-order chi connectivity index (χ1) is 12.1. The van der Waals surface area contributed by atoms with Gasteiger partial charge in [0, 0.05) is 19.3 Å². The molecule has 0 atom stereocenters. The Balaban J connectivity index is 1.93. The fourth-order valence-corrected chi connectivity index (χ4v) is 2.03. The summed E-state index contributed by atoms with van der Waals surface area (Å²) in [7, 11) is 1.63. The zero-order valence-corrected chi connectivity index (χ0v) is 14.2. The van der Waals surface area contributed by atoms with E-state index in [1.165, 1.54) is 0 Å². The summed E-state index contributed by atoms with van der Waals surface area (Å²) in [6.45, 7) is 3.32. The molecule has 1 aromatic carbocycles. The van der Waals surface area contributed by atoms with Crippen molar-refractivity contribution in [2.75, 3.05) is 37.5 Å². The van der Waals surface area contributed by atoms with Crippen LogP contribution in [0.15, 0.2) is 42.6 Å². The largest absolute Gasteiger partial charge is 0.462 e. The predicted octanol–water partition coefficient (Wildman–Crippen LogP) is 2.57. The minimum Gasteiger partial charge on any atom is -0.462 e. The molecule has 0 spiro atoms. The van der Waals surface area contributed by atoms with E-state index in [9.17, 15) is 9.59 Å². The summed E-state index contributed by atoms with van der Waals surface area (Å²) < 4.78 is 9.87. The summed E-state index contributed by atoms with van der Waals surface area (Å²) in [6.07, 6.45) is 1.59. The van der Waals surface area contributed by atoms with E-state index < -0.39 is 5.97 Å². The van der Waals surface area contributed by atoms with Gasteiger partial charge < -0.3 is 20.1 Å². The van der Waals surface area contributed by atoms with Crippen LogP contribution < -0.4 is 10.6 Å². The Labute approximate surface area is 146 Å². The maximum absolute atomic E-state index is 12.2. The summed E-state index contributed by atoms with van der Waals surface area (Å²) in [5, 5.41) is 5.86. The quantitative estimate of drug-likeness (QED) is 0.566. The first-order valence-electron chi connectivity index (χ1n) is 7.91. The van der Waals surface area contributed by atoms with E-state index in [0.717, 1.165) is 5.69 Å². The number of amides is 1. The second kappa shape index (κ2) is 9.39. The van der Waals surface area contributed by atoms with Gasteiger partial charge in [-0.2, -0.15) is 0 Å². The van der Waals surface area contributed by atoms with Gasteiger partial charge in [0.05, 0.1) is 30.7 Å². The Morgan fingerprint density at radius 3 is 2.40 bits per heavy atom. The van der Waals surface area contributed by atoms with Crippen LogP contribution in [0.1, 0.15) is 27.8 Å². The van der Waals surface area contributed by atoms with Gasteiger partial charge in [0.15, 0.2) is 0 Å². The Morgan fingerprint density at radius 2 is 1.80 bits per heavy atom. The number of hydrogen-bond donors (Lipinski definition) is 2. The van der Waals surface area contributed by atoms with E-state index in [4.69, 9.17) is 9.47 Å². The SMILES string of the molecule is CCOC(=O)c1ccc(NC(=O)c2ccc(NCCOC)cn2)cc1. The lowest BCUT2D eigenvalue weighted by Crippen LogP contribution is -2.14. The summed E-state index contributed by atoms with van der Waals surface area (Å²) in [5.41, 5.74) is 2.12. The molecule has 0 radical (unpaired) electrons. The molecule has 1 heterocycles. The van der Waals surface area contributed by atoms with E-state index in [1.807, 2.05) is 0 Å². The van der Waals surface area contributed by atoms with E-state index in [1.54, 1.807) is 56.6 Å². The van der Waals surface area contributed by atoms with Crippen LogP contribution >= 0.6 is 0 Å². The molecular weight excluding hydrogens is 322 g/mol. The van der Waals surface area contributed by atoms with Crippen LogP contribution in [0.25, 0.3) is 0 Å². The lowest BCUT2D eigenvalue weighted by atomic mass is 10.2. The van der Waals surface area contributed by atoms with Gasteiger partial charge in [0.2, 0.25) is 0 Å². The monoisotopic (exact) mass is 343 g/mol. The summed E-state index contributed by atoms with van der Waals surface area (Å²) in [4.78, 5) is 27.9. The Kier molecular flexibility index (Phi) is 6.91. The normalized spacial score (nSPS) is 10.2. The topological polar surface area (TPSA) is 89.5 Å². The highest BCUT2D eigenvalue weighted by molar-refractivity contribution is 6.03. The van der Waals surface area contributed by atoms with Gasteiger partial charge >= 0.3 is 5.97 Å². The summed E-state index contributed by atoms with van der Waals surface area (Å²) in [5.74, 6) is -0.717. The number of hydrogen-bond acceptors (Lipinski definition) is 6. The minimum absolute atomic E-state index is 0.298. The smallest absolute Gasteiger partial charge is 0.338 e. The number of nitrogens with zero attached hydrogens (tertiary/aromatic N) is 1. The third-order valence-corrected chi connectivity index (χ3v) is 3.29. The number of carbonyl (C=O) groups is 2. The molecule has 7 nitrogen and oxygen atoms in total. The fourth-order valence-electron chi connectivity index (χ4n) is 2.03. The van der Waals surface area contributed by atoms with Gasteiger partial charge in [-0.3, -0.25) is 4.79 Å². The van der Waals surface area contributed by atoms with Gasteiger partial charge in [-0.05, 0) is 43.3 Å². The van der Waals surface area contributed by atoms with Gasteiger partial charge in [-0.15, -0.1) is 0 Å². The minimum atomic E-state index is -0.390. The maximum atomic E-state index is 12.2. The third kappa shape index (κ3) is 5.58. The Bertz CT molecular complexity index is 699. The van der Waals surface area contributed by atoms with Crippen LogP contribution in [0.4, 0.5) is 11.4 Å². The highest BCUT2D eigenvalue weighted by atomic mass is 16.5. The number of benzene rings is 1. The number of methoxy groups -OCH3 is 1. The molecule has 132 valence electrons. The molecule has 0 bridgehead atoms. The number of carbonyl (C=O) groups excluding carboxylic acids is 2. The van der Waals surface area contributed by atoms with Crippen LogP contribution in [0.3, 0.4) is 0 Å². The molecular formula is C18H21N3O4. The average Bonchev–Trinajstić information content (AvgIpc) is 2.63. The van der Waals surface area contributed by atoms with Crippen LogP contribution in [0, 0.1) is 0 Å². The number of esters is 1. The first kappa shape index (κ1) is 18.4. The maximum Gasteiger partial charge on any atom is 0.338 e. The molecule has 1 amide bonds. The zero-order chi connectivity index (χ0) is 18.1. The van der Waals surface area contributed by atoms with Crippen molar-refractivity contribution in [2.24, 2.45) is 0 Å². The molecule has 0 fully saturated rings. The number of aromatic nitrogens is 1. The van der Waals surface area contributed by atoms with E-state index in [0.29, 0.717) is 36.7 Å². The van der Waals surface area contributed by atoms with Crippen molar-refractivity contribution in [3.8, 4) is 0 Å². The molecule has 0 aliphatic carbocycles. The molecule has 7 heteroatoms. The number of ether oxygens (including phenoxy) is 2. The number of nitrogens with one attached hydrogen (secondary N) is 2. The average molecular weight is 343 g/mol. The fraction of sp³-hybridized carbons (Fsp3) is 0.278. The molecule has 2 N–H and O–H groups in total. The van der Waals surface area contributed by atoms with E-state index in [2.05, 4.69) is 15.6 Å². The summed E-state index contributed by atoms with van der Waals surface area (Å²) >= 11 is 0. The Morgan fingerprint density at radius 1 is 1.08 bits per heavy atom. The van der Waals surface area contributed by atoms with Crippen LogP contribution in [0.5, 0.6) is 0 Å².